The van der Waals surface area contributed by atoms with Crippen molar-refractivity contribution >= 4 is 34.4 Å². The molecule has 0 saturated carbocycles. The van der Waals surface area contributed by atoms with Gasteiger partial charge in [0.05, 0.1) is 16.1 Å². The summed E-state index contributed by atoms with van der Waals surface area (Å²) in [4.78, 5) is 36.4. The second-order valence-electron chi connectivity index (χ2n) is 7.13. The van der Waals surface area contributed by atoms with Crippen LogP contribution in [0.3, 0.4) is 0 Å². The van der Waals surface area contributed by atoms with Crippen LogP contribution in [0.15, 0.2) is 53.5 Å². The Balaban J connectivity index is 1.46. The van der Waals surface area contributed by atoms with Gasteiger partial charge >= 0.3 is 5.69 Å². The quantitative estimate of drug-likeness (QED) is 0.540. The molecule has 0 bridgehead atoms. The summed E-state index contributed by atoms with van der Waals surface area (Å²) in [5.74, 6) is -1.22. The predicted molar refractivity (Wildman–Crippen MR) is 119 cm³/mol. The lowest BCUT2D eigenvalue weighted by molar-refractivity contribution is -0.123. The predicted octanol–water partition coefficient (Wildman–Crippen LogP) is 2.50. The molecule has 3 aromatic rings. The third-order valence-corrected chi connectivity index (χ3v) is 5.14. The minimum absolute atomic E-state index is 0.0323. The molecule has 168 valence electrons. The Kier molecular flexibility index (Phi) is 6.99. The highest BCUT2D eigenvalue weighted by Gasteiger charge is 2.13. The van der Waals surface area contributed by atoms with Crippen molar-refractivity contribution < 1.29 is 18.7 Å². The van der Waals surface area contributed by atoms with Gasteiger partial charge in [0, 0.05) is 44.4 Å². The molecule has 1 heterocycles. The Hall–Kier alpha value is -3.59. The van der Waals surface area contributed by atoms with Gasteiger partial charge in [-0.2, -0.15) is 0 Å². The van der Waals surface area contributed by atoms with E-state index in [1.54, 1.807) is 32.3 Å². The van der Waals surface area contributed by atoms with Crippen molar-refractivity contribution in [2.45, 2.75) is 6.42 Å². The highest BCUT2D eigenvalue weighted by molar-refractivity contribution is 6.30. The molecule has 0 atom stereocenters. The number of carbonyl (C=O) groups excluding carboxylic acids is 2. The van der Waals surface area contributed by atoms with Crippen LogP contribution in [0.2, 0.25) is 5.02 Å². The van der Waals surface area contributed by atoms with E-state index in [1.807, 2.05) is 0 Å². The van der Waals surface area contributed by atoms with E-state index in [2.05, 4.69) is 17.2 Å². The van der Waals surface area contributed by atoms with Crippen LogP contribution < -0.4 is 21.1 Å². The number of imidazole rings is 1. The third kappa shape index (κ3) is 5.17. The number of rotatable bonds is 8. The highest BCUT2D eigenvalue weighted by Crippen LogP contribution is 2.20. The van der Waals surface area contributed by atoms with Gasteiger partial charge in [0.15, 0.2) is 6.61 Å². The summed E-state index contributed by atoms with van der Waals surface area (Å²) >= 11 is 5.59. The molecule has 0 aliphatic heterocycles. The average molecular weight is 461 g/mol. The molecule has 2 N–H and O–H groups in total. The zero-order valence-electron chi connectivity index (χ0n) is 17.6. The number of aryl methyl sites for hydroxylation is 2. The first-order valence-electron chi connectivity index (χ1n) is 9.66. The third-order valence-electron chi connectivity index (χ3n) is 4.83. The smallest absolute Gasteiger partial charge is 0.328 e. The van der Waals surface area contributed by atoms with Gasteiger partial charge in [-0.1, -0.05) is 18.2 Å². The van der Waals surface area contributed by atoms with E-state index in [0.29, 0.717) is 23.2 Å². The number of fused-ring (bicyclic) bond motifs is 1. The molecule has 0 spiro atoms. The summed E-state index contributed by atoms with van der Waals surface area (Å²) in [7, 11) is 3.31. The molecule has 0 saturated heterocycles. The summed E-state index contributed by atoms with van der Waals surface area (Å²) in [5.41, 5.74) is 1.98. The fraction of sp³-hybridized carbons (Fsp3) is 0.227. The molecule has 0 fully saturated rings. The van der Waals surface area contributed by atoms with E-state index in [0.717, 1.165) is 11.6 Å². The number of hydrogen-bond donors (Lipinski definition) is 2. The Morgan fingerprint density at radius 3 is 2.56 bits per heavy atom. The molecule has 0 unspecified atom stereocenters. The van der Waals surface area contributed by atoms with Crippen molar-refractivity contribution in [1.29, 1.82) is 0 Å². The maximum absolute atomic E-state index is 13.4. The van der Waals surface area contributed by atoms with E-state index in [1.165, 1.54) is 21.3 Å². The second-order valence-corrected chi connectivity index (χ2v) is 7.53. The zero-order chi connectivity index (χ0) is 23.4. The van der Waals surface area contributed by atoms with Crippen molar-refractivity contribution in [3.8, 4) is 5.75 Å². The normalized spacial score (nSPS) is 10.8. The van der Waals surface area contributed by atoms with Crippen LogP contribution in [0.5, 0.6) is 5.75 Å². The molecule has 0 aliphatic rings. The first kappa shape index (κ1) is 23.1. The molecular weight excluding hydrogens is 439 g/mol. The molecule has 0 radical (unpaired) electrons. The summed E-state index contributed by atoms with van der Waals surface area (Å²) < 4.78 is 21.5. The summed E-state index contributed by atoms with van der Waals surface area (Å²) in [6, 6.07) is 8.87. The van der Waals surface area contributed by atoms with Crippen LogP contribution in [0.1, 0.15) is 16.8 Å². The molecule has 10 heteroatoms. The van der Waals surface area contributed by atoms with Gasteiger partial charge < -0.3 is 15.4 Å². The standard InChI is InChI=1S/C22H22ClFN4O4/c1-13(8-9-25-20(29)12-32-15-5-6-16(23)17(24)11-15)26-21(30)14-4-7-18-19(10-14)28(3)22(31)27(18)2/h4-7,10-11H,1,8-9,12H2,2-3H3,(H,25,29)(H,26,30). The van der Waals surface area contributed by atoms with Gasteiger partial charge in [-0.3, -0.25) is 18.7 Å². The lowest BCUT2D eigenvalue weighted by Gasteiger charge is -2.11. The van der Waals surface area contributed by atoms with Crippen molar-refractivity contribution in [2.75, 3.05) is 13.2 Å². The minimum atomic E-state index is -0.634. The topological polar surface area (TPSA) is 94.4 Å². The summed E-state index contributed by atoms with van der Waals surface area (Å²) in [6.45, 7) is 3.73. The molecule has 2 aromatic carbocycles. The van der Waals surface area contributed by atoms with Gasteiger partial charge in [0.25, 0.3) is 11.8 Å². The average Bonchev–Trinajstić information content (AvgIpc) is 2.98. The Morgan fingerprint density at radius 1 is 1.12 bits per heavy atom. The lowest BCUT2D eigenvalue weighted by Crippen LogP contribution is -2.31. The van der Waals surface area contributed by atoms with E-state index < -0.39 is 11.7 Å². The molecule has 2 amide bonds. The number of carbonyl (C=O) groups is 2. The number of nitrogens with one attached hydrogen (secondary N) is 2. The fourth-order valence-electron chi connectivity index (χ4n) is 3.06. The van der Waals surface area contributed by atoms with Gasteiger partial charge in [-0.15, -0.1) is 0 Å². The Bertz CT molecular complexity index is 1260. The number of hydrogen-bond acceptors (Lipinski definition) is 4. The maximum atomic E-state index is 13.4. The van der Waals surface area contributed by atoms with Gasteiger partial charge in [-0.05, 0) is 30.3 Å². The second kappa shape index (κ2) is 9.69. The van der Waals surface area contributed by atoms with E-state index in [9.17, 15) is 18.8 Å². The largest absolute Gasteiger partial charge is 0.484 e. The Labute approximate surface area is 188 Å². The van der Waals surface area contributed by atoms with Crippen molar-refractivity contribution in [2.24, 2.45) is 14.1 Å². The van der Waals surface area contributed by atoms with Crippen molar-refractivity contribution in [3.63, 3.8) is 0 Å². The van der Waals surface area contributed by atoms with E-state index in [4.69, 9.17) is 16.3 Å². The molecule has 3 rings (SSSR count). The fourth-order valence-corrected chi connectivity index (χ4v) is 3.18. The molecule has 32 heavy (non-hydrogen) atoms. The van der Waals surface area contributed by atoms with Gasteiger partial charge in [-0.25, -0.2) is 9.18 Å². The number of nitrogens with zero attached hydrogens (tertiary/aromatic N) is 2. The number of amides is 2. The zero-order valence-corrected chi connectivity index (χ0v) is 18.3. The van der Waals surface area contributed by atoms with Crippen LogP contribution in [-0.4, -0.2) is 34.1 Å². The van der Waals surface area contributed by atoms with Crippen LogP contribution in [0.4, 0.5) is 4.39 Å². The molecule has 0 aliphatic carbocycles. The number of aromatic nitrogens is 2. The molecular formula is C22H22ClFN4O4. The minimum Gasteiger partial charge on any atom is -0.484 e. The van der Waals surface area contributed by atoms with Crippen LogP contribution in [0, 0.1) is 5.82 Å². The van der Waals surface area contributed by atoms with E-state index >= 15 is 0 Å². The SMILES string of the molecule is C=C(CCNC(=O)COc1ccc(Cl)c(F)c1)NC(=O)c1ccc2c(c1)n(C)c(=O)n2C. The summed E-state index contributed by atoms with van der Waals surface area (Å²) in [5, 5.41) is 5.28. The highest BCUT2D eigenvalue weighted by atomic mass is 35.5. The Morgan fingerprint density at radius 2 is 1.84 bits per heavy atom. The van der Waals surface area contributed by atoms with Crippen molar-refractivity contribution in [1.82, 2.24) is 19.8 Å². The summed E-state index contributed by atoms with van der Waals surface area (Å²) in [6.07, 6.45) is 0.305. The number of benzene rings is 2. The number of ether oxygens (including phenoxy) is 1. The van der Waals surface area contributed by atoms with Crippen LogP contribution in [0.25, 0.3) is 11.0 Å². The lowest BCUT2D eigenvalue weighted by atomic mass is 10.1. The monoisotopic (exact) mass is 460 g/mol. The van der Waals surface area contributed by atoms with Gasteiger partial charge in [0.2, 0.25) is 0 Å². The number of halogens is 2. The van der Waals surface area contributed by atoms with Crippen LogP contribution in [-0.2, 0) is 18.9 Å². The first-order chi connectivity index (χ1) is 15.2. The van der Waals surface area contributed by atoms with Gasteiger partial charge in [0.1, 0.15) is 11.6 Å². The maximum Gasteiger partial charge on any atom is 0.328 e. The molecule has 1 aromatic heterocycles. The van der Waals surface area contributed by atoms with E-state index in [-0.39, 0.29) is 35.5 Å². The van der Waals surface area contributed by atoms with Crippen LogP contribution >= 0.6 is 11.6 Å². The molecule has 8 nitrogen and oxygen atoms in total. The first-order valence-corrected chi connectivity index (χ1v) is 10.0. The van der Waals surface area contributed by atoms with Crippen molar-refractivity contribution in [3.05, 3.63) is 75.6 Å².